The lowest BCUT2D eigenvalue weighted by atomic mass is 9.93. The summed E-state index contributed by atoms with van der Waals surface area (Å²) in [6, 6.07) is 4.46. The van der Waals surface area contributed by atoms with Crippen molar-refractivity contribution in [1.29, 1.82) is 0 Å². The second-order valence-electron chi connectivity index (χ2n) is 8.04. The largest absolute Gasteiger partial charge is 0.507 e. The highest BCUT2D eigenvalue weighted by molar-refractivity contribution is 6.46. The Morgan fingerprint density at radius 2 is 1.94 bits per heavy atom. The lowest BCUT2D eigenvalue weighted by Gasteiger charge is -2.27. The Morgan fingerprint density at radius 3 is 2.50 bits per heavy atom. The minimum Gasteiger partial charge on any atom is -0.507 e. The van der Waals surface area contributed by atoms with Gasteiger partial charge in [-0.25, -0.2) is 0 Å². The number of hydrogen-bond acceptors (Lipinski definition) is 7. The SMILES string of the molecule is COc1cccc(C2C(=C(O)c3c(C)n[nH]c3C)C(=O)C(=O)N2CCCN(C)C)c1OC. The highest BCUT2D eigenvalue weighted by atomic mass is 16.5. The van der Waals surface area contributed by atoms with E-state index in [-0.39, 0.29) is 11.3 Å². The van der Waals surface area contributed by atoms with Gasteiger partial charge in [0.2, 0.25) is 0 Å². The fourth-order valence-electron chi connectivity index (χ4n) is 4.15. The van der Waals surface area contributed by atoms with Crippen molar-refractivity contribution in [2.75, 3.05) is 41.4 Å². The van der Waals surface area contributed by atoms with Gasteiger partial charge in [0.25, 0.3) is 11.7 Å². The number of benzene rings is 1. The third kappa shape index (κ3) is 4.08. The number of aromatic nitrogens is 2. The van der Waals surface area contributed by atoms with Gasteiger partial charge in [-0.1, -0.05) is 12.1 Å². The van der Waals surface area contributed by atoms with Gasteiger partial charge in [-0.15, -0.1) is 0 Å². The number of Topliss-reactive ketones (excluding diaryl/α,β-unsaturated/α-hetero) is 1. The zero-order valence-electron chi connectivity index (χ0n) is 19.4. The van der Waals surface area contributed by atoms with Crippen LogP contribution in [-0.2, 0) is 9.59 Å². The number of carbonyl (C=O) groups is 2. The molecular weight excluding hydrogens is 412 g/mol. The maximum atomic E-state index is 13.2. The Bertz CT molecular complexity index is 1040. The van der Waals surface area contributed by atoms with E-state index in [1.807, 2.05) is 19.0 Å². The van der Waals surface area contributed by atoms with Crippen LogP contribution in [0.15, 0.2) is 23.8 Å². The van der Waals surface area contributed by atoms with Crippen LogP contribution in [0.4, 0.5) is 0 Å². The summed E-state index contributed by atoms with van der Waals surface area (Å²) < 4.78 is 11.0. The Balaban J connectivity index is 2.23. The van der Waals surface area contributed by atoms with Crippen LogP contribution in [0.1, 0.15) is 35.0 Å². The van der Waals surface area contributed by atoms with E-state index in [0.29, 0.717) is 47.0 Å². The van der Waals surface area contributed by atoms with Gasteiger partial charge in [0.15, 0.2) is 11.5 Å². The monoisotopic (exact) mass is 442 g/mol. The molecule has 1 aromatic heterocycles. The lowest BCUT2D eigenvalue weighted by molar-refractivity contribution is -0.140. The van der Waals surface area contributed by atoms with Crippen LogP contribution in [-0.4, -0.2) is 78.2 Å². The van der Waals surface area contributed by atoms with E-state index in [2.05, 4.69) is 10.2 Å². The number of hydrogen-bond donors (Lipinski definition) is 2. The van der Waals surface area contributed by atoms with Crippen molar-refractivity contribution in [3.05, 3.63) is 46.3 Å². The van der Waals surface area contributed by atoms with Gasteiger partial charge in [-0.2, -0.15) is 5.10 Å². The topological polar surface area (TPSA) is 108 Å². The number of aliphatic hydroxyl groups excluding tert-OH is 1. The average molecular weight is 443 g/mol. The molecule has 0 radical (unpaired) electrons. The molecule has 1 aliphatic heterocycles. The van der Waals surface area contributed by atoms with Gasteiger partial charge in [0.05, 0.1) is 37.1 Å². The summed E-state index contributed by atoms with van der Waals surface area (Å²) in [6.45, 7) is 4.56. The summed E-state index contributed by atoms with van der Waals surface area (Å²) in [6.07, 6.45) is 0.659. The average Bonchev–Trinajstić information content (AvgIpc) is 3.22. The van der Waals surface area contributed by atoms with Gasteiger partial charge in [-0.3, -0.25) is 14.7 Å². The summed E-state index contributed by atoms with van der Waals surface area (Å²) in [4.78, 5) is 29.8. The van der Waals surface area contributed by atoms with Crippen LogP contribution in [0.25, 0.3) is 5.76 Å². The molecule has 32 heavy (non-hydrogen) atoms. The molecule has 0 saturated carbocycles. The van der Waals surface area contributed by atoms with Crippen LogP contribution in [0.5, 0.6) is 11.5 Å². The molecule has 9 nitrogen and oxygen atoms in total. The van der Waals surface area contributed by atoms with Gasteiger partial charge in [0, 0.05) is 17.8 Å². The number of nitrogens with zero attached hydrogens (tertiary/aromatic N) is 3. The molecule has 2 heterocycles. The molecule has 1 aromatic carbocycles. The van der Waals surface area contributed by atoms with E-state index in [1.54, 1.807) is 32.0 Å². The Labute approximate surface area is 187 Å². The molecule has 9 heteroatoms. The first-order chi connectivity index (χ1) is 15.2. The normalized spacial score (nSPS) is 18.0. The van der Waals surface area contributed by atoms with Gasteiger partial charge < -0.3 is 24.4 Å². The molecule has 1 aliphatic rings. The molecule has 0 spiro atoms. The molecule has 0 bridgehead atoms. The highest BCUT2D eigenvalue weighted by Crippen LogP contribution is 2.45. The lowest BCUT2D eigenvalue weighted by Crippen LogP contribution is -2.32. The number of amides is 1. The summed E-state index contributed by atoms with van der Waals surface area (Å²) in [5.74, 6) is -0.760. The van der Waals surface area contributed by atoms with Crippen LogP contribution < -0.4 is 9.47 Å². The van der Waals surface area contributed by atoms with E-state index in [1.165, 1.54) is 19.1 Å². The number of aromatic amines is 1. The van der Waals surface area contributed by atoms with Crippen molar-refractivity contribution in [3.8, 4) is 11.5 Å². The Morgan fingerprint density at radius 1 is 1.22 bits per heavy atom. The number of H-pyrrole nitrogens is 1. The predicted molar refractivity (Wildman–Crippen MR) is 120 cm³/mol. The number of ketones is 1. The molecule has 1 fully saturated rings. The second-order valence-corrected chi connectivity index (χ2v) is 8.04. The third-order valence-electron chi connectivity index (χ3n) is 5.64. The van der Waals surface area contributed by atoms with E-state index in [0.717, 1.165) is 6.54 Å². The van der Waals surface area contributed by atoms with E-state index < -0.39 is 17.7 Å². The van der Waals surface area contributed by atoms with Gasteiger partial charge in [-0.05, 0) is 47.0 Å². The molecule has 1 unspecified atom stereocenters. The van der Waals surface area contributed by atoms with Crippen molar-refractivity contribution >= 4 is 17.4 Å². The minimum atomic E-state index is -0.823. The van der Waals surface area contributed by atoms with Crippen LogP contribution in [0.3, 0.4) is 0 Å². The fourth-order valence-corrected chi connectivity index (χ4v) is 4.15. The first kappa shape index (κ1) is 23.3. The summed E-state index contributed by atoms with van der Waals surface area (Å²) >= 11 is 0. The van der Waals surface area contributed by atoms with Crippen molar-refractivity contribution in [1.82, 2.24) is 20.0 Å². The number of likely N-dealkylation sites (tertiary alicyclic amines) is 1. The Hall–Kier alpha value is -3.33. The fraction of sp³-hybridized carbons (Fsp3) is 0.435. The standard InChI is InChI=1S/C23H30N4O5/c1-13-17(14(2)25-24-13)20(28)18-19(15-9-7-10-16(31-5)22(15)32-6)27(23(30)21(18)29)12-8-11-26(3)4/h7,9-10,19,28H,8,11-12H2,1-6H3,(H,24,25). The zero-order valence-corrected chi connectivity index (χ0v) is 19.4. The smallest absolute Gasteiger partial charge is 0.295 e. The molecule has 0 aliphatic carbocycles. The maximum Gasteiger partial charge on any atom is 0.295 e. The number of aliphatic hydroxyl groups is 1. The van der Waals surface area contributed by atoms with Crippen molar-refractivity contribution < 1.29 is 24.2 Å². The summed E-state index contributed by atoms with van der Waals surface area (Å²) in [5.41, 5.74) is 2.14. The second kappa shape index (κ2) is 9.44. The zero-order chi connectivity index (χ0) is 23.6. The number of methoxy groups -OCH3 is 2. The molecule has 1 amide bonds. The van der Waals surface area contributed by atoms with Crippen molar-refractivity contribution in [3.63, 3.8) is 0 Å². The highest BCUT2D eigenvalue weighted by Gasteiger charge is 2.47. The predicted octanol–water partition coefficient (Wildman–Crippen LogP) is 2.42. The van der Waals surface area contributed by atoms with Crippen LogP contribution in [0.2, 0.25) is 0 Å². The third-order valence-corrected chi connectivity index (χ3v) is 5.64. The van der Waals surface area contributed by atoms with E-state index in [4.69, 9.17) is 9.47 Å². The van der Waals surface area contributed by atoms with E-state index >= 15 is 0 Å². The molecule has 1 atom stereocenters. The first-order valence-corrected chi connectivity index (χ1v) is 10.4. The number of para-hydroxylation sites is 1. The Kier molecular flexibility index (Phi) is 6.88. The number of ether oxygens (including phenoxy) is 2. The molecular formula is C23H30N4O5. The maximum absolute atomic E-state index is 13.2. The number of nitrogens with one attached hydrogen (secondary N) is 1. The first-order valence-electron chi connectivity index (χ1n) is 10.4. The molecule has 1 saturated heterocycles. The van der Waals surface area contributed by atoms with Crippen LogP contribution >= 0.6 is 0 Å². The summed E-state index contributed by atoms with van der Waals surface area (Å²) in [7, 11) is 6.92. The van der Waals surface area contributed by atoms with Crippen molar-refractivity contribution in [2.24, 2.45) is 0 Å². The number of carbonyl (C=O) groups excluding carboxylic acids is 2. The summed E-state index contributed by atoms with van der Waals surface area (Å²) in [5, 5.41) is 18.2. The van der Waals surface area contributed by atoms with Gasteiger partial charge in [0.1, 0.15) is 5.76 Å². The molecule has 2 N–H and O–H groups in total. The molecule has 3 rings (SSSR count). The number of aryl methyl sites for hydroxylation is 2. The molecule has 2 aromatic rings. The van der Waals surface area contributed by atoms with Crippen LogP contribution in [0, 0.1) is 13.8 Å². The number of rotatable bonds is 8. The minimum absolute atomic E-state index is 0.0130. The van der Waals surface area contributed by atoms with Gasteiger partial charge >= 0.3 is 0 Å². The molecule has 172 valence electrons. The van der Waals surface area contributed by atoms with Crippen molar-refractivity contribution in [2.45, 2.75) is 26.3 Å². The van der Waals surface area contributed by atoms with E-state index in [9.17, 15) is 14.7 Å². The quantitative estimate of drug-likeness (QED) is 0.367.